The van der Waals surface area contributed by atoms with E-state index in [4.69, 9.17) is 4.74 Å². The van der Waals surface area contributed by atoms with E-state index in [2.05, 4.69) is 10.6 Å². The van der Waals surface area contributed by atoms with E-state index < -0.39 is 23.8 Å². The lowest BCUT2D eigenvalue weighted by Gasteiger charge is -2.40. The molecule has 1 fully saturated rings. The van der Waals surface area contributed by atoms with Crippen LogP contribution < -0.4 is 10.6 Å². The lowest BCUT2D eigenvalue weighted by molar-refractivity contribution is -0.146. The standard InChI is InChI=1S/C29H47N3O5/c1-8-19(3)24(31-28(36)37-29(5,6)7)27(35)32(20(4)9-2)25(21-15-17-23(33)18-16-21)26(34)30-22-13-11-10-12-14-22/h15-20,22,24-25,33H,8-14H2,1-7H3,(H,30,34)(H,31,36). The Kier molecular flexibility index (Phi) is 11.3. The second-order valence-electron chi connectivity index (χ2n) is 11.3. The minimum atomic E-state index is -0.906. The first kappa shape index (κ1) is 30.5. The maximum absolute atomic E-state index is 14.2. The fraction of sp³-hybridized carbons (Fsp3) is 0.690. The Morgan fingerprint density at radius 3 is 2.14 bits per heavy atom. The molecule has 0 radical (unpaired) electrons. The van der Waals surface area contributed by atoms with Crippen LogP contribution in [-0.2, 0) is 14.3 Å². The smallest absolute Gasteiger partial charge is 0.408 e. The molecule has 4 unspecified atom stereocenters. The van der Waals surface area contributed by atoms with Gasteiger partial charge < -0.3 is 25.4 Å². The van der Waals surface area contributed by atoms with Crippen LogP contribution in [0.1, 0.15) is 105 Å². The molecule has 3 amide bonds. The first-order valence-corrected chi connectivity index (χ1v) is 13.8. The van der Waals surface area contributed by atoms with Crippen LogP contribution in [0, 0.1) is 5.92 Å². The quantitative estimate of drug-likeness (QED) is 0.383. The van der Waals surface area contributed by atoms with Crippen LogP contribution >= 0.6 is 0 Å². The summed E-state index contributed by atoms with van der Waals surface area (Å²) < 4.78 is 5.46. The van der Waals surface area contributed by atoms with E-state index in [0.29, 0.717) is 18.4 Å². The van der Waals surface area contributed by atoms with Crippen molar-refractivity contribution in [3.8, 4) is 5.75 Å². The number of alkyl carbamates (subject to hydrolysis) is 1. The topological polar surface area (TPSA) is 108 Å². The highest BCUT2D eigenvalue weighted by Crippen LogP contribution is 2.30. The van der Waals surface area contributed by atoms with Gasteiger partial charge in [0.05, 0.1) is 0 Å². The monoisotopic (exact) mass is 517 g/mol. The average Bonchev–Trinajstić information content (AvgIpc) is 2.84. The molecule has 0 heterocycles. The summed E-state index contributed by atoms with van der Waals surface area (Å²) in [6.07, 6.45) is 5.75. The van der Waals surface area contributed by atoms with Crippen molar-refractivity contribution in [3.05, 3.63) is 29.8 Å². The molecular weight excluding hydrogens is 470 g/mol. The Morgan fingerprint density at radius 1 is 1.03 bits per heavy atom. The van der Waals surface area contributed by atoms with Gasteiger partial charge in [-0.1, -0.05) is 58.6 Å². The molecule has 0 aliphatic heterocycles. The highest BCUT2D eigenvalue weighted by molar-refractivity contribution is 5.92. The minimum Gasteiger partial charge on any atom is -0.508 e. The highest BCUT2D eigenvalue weighted by Gasteiger charge is 2.40. The second-order valence-corrected chi connectivity index (χ2v) is 11.3. The lowest BCUT2D eigenvalue weighted by atomic mass is 9.93. The number of amides is 3. The van der Waals surface area contributed by atoms with E-state index in [1.807, 2.05) is 27.7 Å². The van der Waals surface area contributed by atoms with Crippen molar-refractivity contribution in [2.75, 3.05) is 0 Å². The molecule has 1 aromatic rings. The summed E-state index contributed by atoms with van der Waals surface area (Å²) in [4.78, 5) is 42.4. The van der Waals surface area contributed by atoms with Crippen LogP contribution in [0.25, 0.3) is 0 Å². The van der Waals surface area contributed by atoms with Gasteiger partial charge in [0.2, 0.25) is 11.8 Å². The van der Waals surface area contributed by atoms with Crippen molar-refractivity contribution >= 4 is 17.9 Å². The summed E-state index contributed by atoms with van der Waals surface area (Å²) in [5.41, 5.74) is -0.0993. The van der Waals surface area contributed by atoms with Crippen molar-refractivity contribution in [1.82, 2.24) is 15.5 Å². The first-order chi connectivity index (χ1) is 17.4. The molecule has 1 saturated carbocycles. The minimum absolute atomic E-state index is 0.0694. The van der Waals surface area contributed by atoms with Crippen LogP contribution in [0.2, 0.25) is 0 Å². The largest absolute Gasteiger partial charge is 0.508 e. The third-order valence-electron chi connectivity index (χ3n) is 7.16. The highest BCUT2D eigenvalue weighted by atomic mass is 16.6. The number of rotatable bonds is 10. The van der Waals surface area contributed by atoms with Gasteiger partial charge in [-0.25, -0.2) is 4.79 Å². The van der Waals surface area contributed by atoms with Gasteiger partial charge in [0, 0.05) is 12.1 Å². The maximum atomic E-state index is 14.2. The Morgan fingerprint density at radius 2 is 1.62 bits per heavy atom. The molecule has 0 spiro atoms. The van der Waals surface area contributed by atoms with Gasteiger partial charge in [0.15, 0.2) is 0 Å². The van der Waals surface area contributed by atoms with Crippen LogP contribution in [0.4, 0.5) is 4.79 Å². The van der Waals surface area contributed by atoms with Crippen molar-refractivity contribution < 1.29 is 24.2 Å². The third-order valence-corrected chi connectivity index (χ3v) is 7.16. The summed E-state index contributed by atoms with van der Waals surface area (Å²) in [7, 11) is 0. The van der Waals surface area contributed by atoms with Crippen LogP contribution in [0.3, 0.4) is 0 Å². The van der Waals surface area contributed by atoms with E-state index in [1.165, 1.54) is 12.1 Å². The number of carbonyl (C=O) groups is 3. The maximum Gasteiger partial charge on any atom is 0.408 e. The molecule has 8 heteroatoms. The van der Waals surface area contributed by atoms with Gasteiger partial charge >= 0.3 is 6.09 Å². The number of aromatic hydroxyl groups is 1. The molecular formula is C29H47N3O5. The molecule has 37 heavy (non-hydrogen) atoms. The van der Waals surface area contributed by atoms with Crippen molar-refractivity contribution in [3.63, 3.8) is 0 Å². The number of hydrogen-bond donors (Lipinski definition) is 3. The number of benzene rings is 1. The molecule has 8 nitrogen and oxygen atoms in total. The molecule has 1 aromatic carbocycles. The fourth-order valence-corrected chi connectivity index (χ4v) is 4.70. The second kappa shape index (κ2) is 13.7. The van der Waals surface area contributed by atoms with Gasteiger partial charge in [-0.15, -0.1) is 0 Å². The number of ether oxygens (including phenoxy) is 1. The van der Waals surface area contributed by atoms with E-state index in [9.17, 15) is 19.5 Å². The zero-order valence-electron chi connectivity index (χ0n) is 23.7. The molecule has 0 bridgehead atoms. The Hall–Kier alpha value is -2.77. The summed E-state index contributed by atoms with van der Waals surface area (Å²) >= 11 is 0. The molecule has 3 N–H and O–H groups in total. The summed E-state index contributed by atoms with van der Waals surface area (Å²) in [6.45, 7) is 13.1. The number of carbonyl (C=O) groups excluding carboxylic acids is 3. The van der Waals surface area contributed by atoms with Crippen molar-refractivity contribution in [2.24, 2.45) is 5.92 Å². The molecule has 0 aromatic heterocycles. The zero-order chi connectivity index (χ0) is 27.8. The molecule has 4 atom stereocenters. The van der Waals surface area contributed by atoms with Gasteiger partial charge in [0.1, 0.15) is 23.4 Å². The molecule has 208 valence electrons. The SMILES string of the molecule is CCC(C)C(NC(=O)OC(C)(C)C)C(=O)N(C(C)CC)C(C(=O)NC1CCCCC1)c1ccc(O)cc1. The van der Waals surface area contributed by atoms with Gasteiger partial charge in [-0.2, -0.15) is 0 Å². The van der Waals surface area contributed by atoms with Gasteiger partial charge in [-0.3, -0.25) is 9.59 Å². The third kappa shape index (κ3) is 8.93. The van der Waals surface area contributed by atoms with E-state index >= 15 is 0 Å². The summed E-state index contributed by atoms with van der Waals surface area (Å²) in [5.74, 6) is -0.674. The molecule has 1 aliphatic rings. The lowest BCUT2D eigenvalue weighted by Crippen LogP contribution is -2.57. The zero-order valence-corrected chi connectivity index (χ0v) is 23.7. The van der Waals surface area contributed by atoms with Crippen molar-refractivity contribution in [2.45, 2.75) is 123 Å². The first-order valence-electron chi connectivity index (χ1n) is 13.8. The number of nitrogens with zero attached hydrogens (tertiary/aromatic N) is 1. The number of phenols is 1. The Balaban J connectivity index is 2.49. The van der Waals surface area contributed by atoms with Gasteiger partial charge in [0.25, 0.3) is 0 Å². The average molecular weight is 518 g/mol. The Bertz CT molecular complexity index is 890. The summed E-state index contributed by atoms with van der Waals surface area (Å²) in [6, 6.07) is 4.44. The van der Waals surface area contributed by atoms with E-state index in [0.717, 1.165) is 32.1 Å². The Labute approximate surface area is 222 Å². The van der Waals surface area contributed by atoms with E-state index in [-0.39, 0.29) is 35.6 Å². The fourth-order valence-electron chi connectivity index (χ4n) is 4.70. The molecule has 0 saturated heterocycles. The van der Waals surface area contributed by atoms with Gasteiger partial charge in [-0.05, 0) is 70.6 Å². The predicted molar refractivity (Wildman–Crippen MR) is 145 cm³/mol. The molecule has 1 aliphatic carbocycles. The summed E-state index contributed by atoms with van der Waals surface area (Å²) in [5, 5.41) is 15.9. The van der Waals surface area contributed by atoms with Crippen LogP contribution in [-0.4, -0.2) is 51.6 Å². The van der Waals surface area contributed by atoms with Crippen molar-refractivity contribution in [1.29, 1.82) is 0 Å². The number of nitrogens with one attached hydrogen (secondary N) is 2. The van der Waals surface area contributed by atoms with E-state index in [1.54, 1.807) is 37.8 Å². The normalized spacial score (nSPS) is 17.7. The number of phenolic OH excluding ortho intramolecular Hbond substituents is 1. The molecule has 2 rings (SSSR count). The predicted octanol–water partition coefficient (Wildman–Crippen LogP) is 5.45. The number of hydrogen-bond acceptors (Lipinski definition) is 5. The van der Waals surface area contributed by atoms with Crippen LogP contribution in [0.15, 0.2) is 24.3 Å². The van der Waals surface area contributed by atoms with Crippen LogP contribution in [0.5, 0.6) is 5.75 Å².